The summed E-state index contributed by atoms with van der Waals surface area (Å²) in [5.41, 5.74) is 6.83. The highest BCUT2D eigenvalue weighted by Crippen LogP contribution is 2.27. The van der Waals surface area contributed by atoms with E-state index in [1.165, 1.54) is 12.1 Å². The third-order valence-electron chi connectivity index (χ3n) is 2.72. The maximum atomic E-state index is 13.4. The largest absolute Gasteiger partial charge is 0.397 e. The van der Waals surface area contributed by atoms with Crippen molar-refractivity contribution in [2.45, 2.75) is 18.9 Å². The fraction of sp³-hybridized carbons (Fsp3) is 0.364. The van der Waals surface area contributed by atoms with E-state index >= 15 is 0 Å². The van der Waals surface area contributed by atoms with E-state index in [-0.39, 0.29) is 17.8 Å². The second-order valence-corrected chi connectivity index (χ2v) is 4.89. The SMILES string of the molecule is Nc1cc(Br)c(F)cc1NC1CCC(=O)NC1. The average Bonchev–Trinajstić information content (AvgIpc) is 2.29. The Kier molecular flexibility index (Phi) is 3.51. The highest BCUT2D eigenvalue weighted by atomic mass is 79.9. The van der Waals surface area contributed by atoms with Crippen molar-refractivity contribution >= 4 is 33.2 Å². The van der Waals surface area contributed by atoms with Gasteiger partial charge in [-0.25, -0.2) is 4.39 Å². The summed E-state index contributed by atoms with van der Waals surface area (Å²) in [6, 6.07) is 2.98. The molecule has 1 heterocycles. The Balaban J connectivity index is 2.08. The van der Waals surface area contributed by atoms with Gasteiger partial charge in [0.05, 0.1) is 15.8 Å². The zero-order valence-electron chi connectivity index (χ0n) is 9.09. The highest BCUT2D eigenvalue weighted by Gasteiger charge is 2.18. The summed E-state index contributed by atoms with van der Waals surface area (Å²) >= 11 is 3.07. The first-order valence-corrected chi connectivity index (χ1v) is 6.13. The number of piperidine rings is 1. The van der Waals surface area contributed by atoms with Crippen LogP contribution in [0.4, 0.5) is 15.8 Å². The van der Waals surface area contributed by atoms with Gasteiger partial charge in [-0.15, -0.1) is 0 Å². The topological polar surface area (TPSA) is 67.1 Å². The molecule has 2 rings (SSSR count). The number of amides is 1. The summed E-state index contributed by atoms with van der Waals surface area (Å²) in [5.74, 6) is -0.306. The van der Waals surface area contributed by atoms with Crippen LogP contribution in [-0.4, -0.2) is 18.5 Å². The number of carbonyl (C=O) groups excluding carboxylic acids is 1. The molecule has 1 aromatic rings. The first-order chi connectivity index (χ1) is 8.06. The molecule has 0 aromatic heterocycles. The van der Waals surface area contributed by atoms with Crippen molar-refractivity contribution in [3.05, 3.63) is 22.4 Å². The Labute approximate surface area is 107 Å². The first-order valence-electron chi connectivity index (χ1n) is 5.34. The molecule has 1 saturated heterocycles. The Morgan fingerprint density at radius 2 is 2.29 bits per heavy atom. The molecule has 1 aliphatic rings. The molecule has 0 radical (unpaired) electrons. The number of rotatable bonds is 2. The molecule has 0 bridgehead atoms. The Morgan fingerprint density at radius 1 is 1.53 bits per heavy atom. The molecule has 1 amide bonds. The van der Waals surface area contributed by atoms with E-state index in [0.29, 0.717) is 28.8 Å². The lowest BCUT2D eigenvalue weighted by Crippen LogP contribution is -2.42. The maximum absolute atomic E-state index is 13.4. The number of nitrogens with one attached hydrogen (secondary N) is 2. The Bertz CT molecular complexity index is 443. The fourth-order valence-corrected chi connectivity index (χ4v) is 2.12. The molecule has 0 saturated carbocycles. The summed E-state index contributed by atoms with van der Waals surface area (Å²) in [4.78, 5) is 11.0. The number of anilines is 2. The van der Waals surface area contributed by atoms with Gasteiger partial charge in [-0.2, -0.15) is 0 Å². The van der Waals surface area contributed by atoms with Crippen molar-refractivity contribution in [2.75, 3.05) is 17.6 Å². The Hall–Kier alpha value is -1.30. The van der Waals surface area contributed by atoms with Gasteiger partial charge < -0.3 is 16.4 Å². The predicted octanol–water partition coefficient (Wildman–Crippen LogP) is 1.86. The van der Waals surface area contributed by atoms with E-state index < -0.39 is 0 Å². The first kappa shape index (κ1) is 12.2. The molecule has 0 aliphatic carbocycles. The van der Waals surface area contributed by atoms with Gasteiger partial charge in [-0.3, -0.25) is 4.79 Å². The van der Waals surface area contributed by atoms with E-state index in [1.807, 2.05) is 0 Å². The van der Waals surface area contributed by atoms with Gasteiger partial charge in [0.2, 0.25) is 5.91 Å². The molecule has 4 N–H and O–H groups in total. The van der Waals surface area contributed by atoms with Gasteiger partial charge in [0.25, 0.3) is 0 Å². The summed E-state index contributed by atoms with van der Waals surface area (Å²) in [7, 11) is 0. The van der Waals surface area contributed by atoms with E-state index in [0.717, 1.165) is 6.42 Å². The lowest BCUT2D eigenvalue weighted by atomic mass is 10.1. The van der Waals surface area contributed by atoms with Crippen molar-refractivity contribution in [2.24, 2.45) is 0 Å². The summed E-state index contributed by atoms with van der Waals surface area (Å²) in [6.45, 7) is 0.538. The minimum Gasteiger partial charge on any atom is -0.397 e. The third kappa shape index (κ3) is 2.88. The van der Waals surface area contributed by atoms with Gasteiger partial charge in [-0.05, 0) is 28.4 Å². The molecule has 0 spiro atoms. The number of nitrogens with two attached hydrogens (primary N) is 1. The molecule has 4 nitrogen and oxygen atoms in total. The number of halogens is 2. The molecular formula is C11H13BrFN3O. The lowest BCUT2D eigenvalue weighted by molar-refractivity contribution is -0.122. The van der Waals surface area contributed by atoms with E-state index in [2.05, 4.69) is 26.6 Å². The number of hydrogen-bond donors (Lipinski definition) is 3. The molecule has 92 valence electrons. The van der Waals surface area contributed by atoms with Crippen molar-refractivity contribution in [1.82, 2.24) is 5.32 Å². The molecule has 6 heteroatoms. The van der Waals surface area contributed by atoms with Crippen molar-refractivity contribution in [1.29, 1.82) is 0 Å². The third-order valence-corrected chi connectivity index (χ3v) is 3.33. The minimum atomic E-state index is -0.360. The minimum absolute atomic E-state index is 0.0537. The normalized spacial score (nSPS) is 19.9. The zero-order valence-corrected chi connectivity index (χ0v) is 10.7. The van der Waals surface area contributed by atoms with Crippen LogP contribution in [0.25, 0.3) is 0 Å². The van der Waals surface area contributed by atoms with Gasteiger partial charge in [0, 0.05) is 25.1 Å². The quantitative estimate of drug-likeness (QED) is 0.731. The Morgan fingerprint density at radius 3 is 2.94 bits per heavy atom. The van der Waals surface area contributed by atoms with E-state index in [4.69, 9.17) is 5.73 Å². The fourth-order valence-electron chi connectivity index (χ4n) is 1.76. The summed E-state index contributed by atoms with van der Waals surface area (Å²) < 4.78 is 13.7. The van der Waals surface area contributed by atoms with Gasteiger partial charge in [0.1, 0.15) is 5.82 Å². The van der Waals surface area contributed by atoms with Gasteiger partial charge in [-0.1, -0.05) is 0 Å². The van der Waals surface area contributed by atoms with Gasteiger partial charge in [0.15, 0.2) is 0 Å². The number of carbonyl (C=O) groups is 1. The van der Waals surface area contributed by atoms with Crippen molar-refractivity contribution in [3.8, 4) is 0 Å². The summed E-state index contributed by atoms with van der Waals surface area (Å²) in [6.07, 6.45) is 1.21. The predicted molar refractivity (Wildman–Crippen MR) is 68.2 cm³/mol. The van der Waals surface area contributed by atoms with Crippen LogP contribution >= 0.6 is 15.9 Å². The molecule has 17 heavy (non-hydrogen) atoms. The molecular weight excluding hydrogens is 289 g/mol. The lowest BCUT2D eigenvalue weighted by Gasteiger charge is -2.25. The van der Waals surface area contributed by atoms with Crippen LogP contribution in [0.5, 0.6) is 0 Å². The molecule has 1 atom stereocenters. The van der Waals surface area contributed by atoms with Crippen LogP contribution in [0, 0.1) is 5.82 Å². The van der Waals surface area contributed by atoms with Gasteiger partial charge >= 0.3 is 0 Å². The van der Waals surface area contributed by atoms with Crippen LogP contribution in [0.2, 0.25) is 0 Å². The van der Waals surface area contributed by atoms with E-state index in [9.17, 15) is 9.18 Å². The second-order valence-electron chi connectivity index (χ2n) is 4.04. The average molecular weight is 302 g/mol. The monoisotopic (exact) mass is 301 g/mol. The van der Waals surface area contributed by atoms with Crippen LogP contribution in [-0.2, 0) is 4.79 Å². The van der Waals surface area contributed by atoms with Crippen molar-refractivity contribution < 1.29 is 9.18 Å². The molecule has 1 unspecified atom stereocenters. The summed E-state index contributed by atoms with van der Waals surface area (Å²) in [5, 5.41) is 5.89. The van der Waals surface area contributed by atoms with Crippen LogP contribution in [0.1, 0.15) is 12.8 Å². The molecule has 1 aliphatic heterocycles. The number of hydrogen-bond acceptors (Lipinski definition) is 3. The maximum Gasteiger partial charge on any atom is 0.220 e. The smallest absolute Gasteiger partial charge is 0.220 e. The molecule has 1 aromatic carbocycles. The van der Waals surface area contributed by atoms with Crippen LogP contribution < -0.4 is 16.4 Å². The molecule has 1 fully saturated rings. The van der Waals surface area contributed by atoms with E-state index in [1.54, 1.807) is 0 Å². The standard InChI is InChI=1S/C11H13BrFN3O/c12-7-3-9(14)10(4-8(7)13)16-6-1-2-11(17)15-5-6/h3-4,6,16H,1-2,5,14H2,(H,15,17). The highest BCUT2D eigenvalue weighted by molar-refractivity contribution is 9.10. The second kappa shape index (κ2) is 4.91. The van der Waals surface area contributed by atoms with Crippen LogP contribution in [0.3, 0.4) is 0 Å². The van der Waals surface area contributed by atoms with Crippen LogP contribution in [0.15, 0.2) is 16.6 Å². The number of benzene rings is 1. The number of nitrogen functional groups attached to an aromatic ring is 1. The van der Waals surface area contributed by atoms with Crippen molar-refractivity contribution in [3.63, 3.8) is 0 Å². The zero-order chi connectivity index (χ0) is 12.4.